The van der Waals surface area contributed by atoms with E-state index in [1.54, 1.807) is 0 Å². The standard InChI is InChI=1S/C23H32O5/c1-13-6-7-19-22(2,3)20(26)8-9-23(19,4)16(13)12-15-17(24)10-14(11-18(15)25)21(27)28-5/h10-11,19-20,24-26H,6-9,12H2,1-5H3/t19-,20+,23+/m0/s1. The van der Waals surface area contributed by atoms with Crippen LogP contribution >= 0.6 is 0 Å². The minimum absolute atomic E-state index is 0.0923. The van der Waals surface area contributed by atoms with Crippen molar-refractivity contribution in [3.8, 4) is 11.5 Å². The Bertz CT molecular complexity index is 799. The number of hydrogen-bond acceptors (Lipinski definition) is 5. The number of phenolic OH excluding ortho intramolecular Hbond substituents is 2. The summed E-state index contributed by atoms with van der Waals surface area (Å²) in [7, 11) is 1.26. The molecule has 1 aromatic rings. The highest BCUT2D eigenvalue weighted by atomic mass is 16.5. The van der Waals surface area contributed by atoms with Crippen molar-refractivity contribution in [2.75, 3.05) is 7.11 Å². The van der Waals surface area contributed by atoms with Crippen LogP contribution in [0.15, 0.2) is 23.3 Å². The number of methoxy groups -OCH3 is 1. The number of rotatable bonds is 3. The molecule has 5 nitrogen and oxygen atoms in total. The number of aliphatic hydroxyl groups excluding tert-OH is 1. The molecule has 1 saturated carbocycles. The third-order valence-corrected chi connectivity index (χ3v) is 7.45. The summed E-state index contributed by atoms with van der Waals surface area (Å²) in [6, 6.07) is 2.71. The Morgan fingerprint density at radius 2 is 1.79 bits per heavy atom. The van der Waals surface area contributed by atoms with E-state index in [-0.39, 0.29) is 34.0 Å². The Kier molecular flexibility index (Phi) is 5.26. The molecule has 0 heterocycles. The number of carbonyl (C=O) groups excluding carboxylic acids is 1. The smallest absolute Gasteiger partial charge is 0.338 e. The van der Waals surface area contributed by atoms with Gasteiger partial charge in [-0.1, -0.05) is 31.9 Å². The van der Waals surface area contributed by atoms with Crippen molar-refractivity contribution in [2.45, 2.75) is 65.9 Å². The van der Waals surface area contributed by atoms with Crippen molar-refractivity contribution in [1.29, 1.82) is 0 Å². The summed E-state index contributed by atoms with van der Waals surface area (Å²) in [4.78, 5) is 11.7. The highest BCUT2D eigenvalue weighted by Gasteiger charge is 2.53. The highest BCUT2D eigenvalue weighted by Crippen LogP contribution is 2.60. The first-order chi connectivity index (χ1) is 13.0. The van der Waals surface area contributed by atoms with E-state index < -0.39 is 5.97 Å². The Labute approximate surface area is 167 Å². The number of esters is 1. The molecule has 0 amide bonds. The van der Waals surface area contributed by atoms with Gasteiger partial charge in [0.25, 0.3) is 0 Å². The van der Waals surface area contributed by atoms with Crippen LogP contribution in [0.2, 0.25) is 0 Å². The molecule has 0 aromatic heterocycles. The number of hydrogen-bond donors (Lipinski definition) is 3. The van der Waals surface area contributed by atoms with Gasteiger partial charge < -0.3 is 20.1 Å². The minimum Gasteiger partial charge on any atom is -0.507 e. The Morgan fingerprint density at radius 3 is 2.36 bits per heavy atom. The number of fused-ring (bicyclic) bond motifs is 1. The molecule has 0 saturated heterocycles. The lowest BCUT2D eigenvalue weighted by Crippen LogP contribution is -2.52. The molecule has 28 heavy (non-hydrogen) atoms. The van der Waals surface area contributed by atoms with Gasteiger partial charge in [-0.05, 0) is 61.5 Å². The number of allylic oxidation sites excluding steroid dienone is 2. The zero-order chi connectivity index (χ0) is 20.9. The number of ether oxygens (including phenoxy) is 1. The van der Waals surface area contributed by atoms with E-state index in [1.807, 2.05) is 0 Å². The van der Waals surface area contributed by atoms with Gasteiger partial charge in [-0.2, -0.15) is 0 Å². The first kappa shape index (κ1) is 20.7. The second kappa shape index (κ2) is 7.11. The van der Waals surface area contributed by atoms with Crippen molar-refractivity contribution in [3.63, 3.8) is 0 Å². The summed E-state index contributed by atoms with van der Waals surface area (Å²) in [5.41, 5.74) is 2.82. The van der Waals surface area contributed by atoms with Gasteiger partial charge in [0.15, 0.2) is 0 Å². The minimum atomic E-state index is -0.597. The third kappa shape index (κ3) is 3.20. The van der Waals surface area contributed by atoms with Crippen LogP contribution in [0.3, 0.4) is 0 Å². The fourth-order valence-electron chi connectivity index (χ4n) is 5.68. The predicted molar refractivity (Wildman–Crippen MR) is 107 cm³/mol. The van der Waals surface area contributed by atoms with Crippen LogP contribution in [0.1, 0.15) is 69.3 Å². The van der Waals surface area contributed by atoms with Gasteiger partial charge in [-0.15, -0.1) is 0 Å². The Balaban J connectivity index is 2.01. The summed E-state index contributed by atoms with van der Waals surface area (Å²) in [5.74, 6) is -0.454. The van der Waals surface area contributed by atoms with Gasteiger partial charge in [0.2, 0.25) is 0 Å². The number of aliphatic hydroxyl groups is 1. The van der Waals surface area contributed by atoms with E-state index in [9.17, 15) is 20.1 Å². The lowest BCUT2D eigenvalue weighted by molar-refractivity contribution is -0.0890. The zero-order valence-corrected chi connectivity index (χ0v) is 17.5. The molecule has 0 unspecified atom stereocenters. The molecule has 3 N–H and O–H groups in total. The first-order valence-electron chi connectivity index (χ1n) is 10.0. The van der Waals surface area contributed by atoms with E-state index >= 15 is 0 Å². The molecule has 154 valence electrons. The number of phenols is 2. The van der Waals surface area contributed by atoms with Crippen molar-refractivity contribution in [1.82, 2.24) is 0 Å². The lowest BCUT2D eigenvalue weighted by atomic mass is 9.49. The van der Waals surface area contributed by atoms with Crippen LogP contribution in [0.4, 0.5) is 0 Å². The fourth-order valence-corrected chi connectivity index (χ4v) is 5.68. The monoisotopic (exact) mass is 388 g/mol. The van der Waals surface area contributed by atoms with Gasteiger partial charge >= 0.3 is 5.97 Å². The average molecular weight is 389 g/mol. The van der Waals surface area contributed by atoms with Gasteiger partial charge in [0.05, 0.1) is 18.8 Å². The normalized spacial score (nSPS) is 29.4. The van der Waals surface area contributed by atoms with E-state index in [1.165, 1.54) is 30.4 Å². The second-order valence-electron chi connectivity index (χ2n) is 9.30. The molecular formula is C23H32O5. The summed E-state index contributed by atoms with van der Waals surface area (Å²) >= 11 is 0. The molecule has 5 heteroatoms. The van der Waals surface area contributed by atoms with Crippen molar-refractivity contribution >= 4 is 5.97 Å². The van der Waals surface area contributed by atoms with E-state index in [0.29, 0.717) is 17.9 Å². The van der Waals surface area contributed by atoms with Crippen LogP contribution in [0.5, 0.6) is 11.5 Å². The lowest BCUT2D eigenvalue weighted by Gasteiger charge is -2.57. The third-order valence-electron chi connectivity index (χ3n) is 7.45. The topological polar surface area (TPSA) is 87.0 Å². The van der Waals surface area contributed by atoms with Crippen LogP contribution < -0.4 is 0 Å². The van der Waals surface area contributed by atoms with Crippen LogP contribution in [-0.4, -0.2) is 34.5 Å². The summed E-state index contributed by atoms with van der Waals surface area (Å²) < 4.78 is 4.68. The largest absolute Gasteiger partial charge is 0.507 e. The molecule has 0 bridgehead atoms. The predicted octanol–water partition coefficient (Wildman–Crippen LogP) is 4.34. The fraction of sp³-hybridized carbons (Fsp3) is 0.609. The molecule has 0 radical (unpaired) electrons. The van der Waals surface area contributed by atoms with Crippen LogP contribution in [-0.2, 0) is 11.2 Å². The van der Waals surface area contributed by atoms with E-state index in [4.69, 9.17) is 0 Å². The van der Waals surface area contributed by atoms with Crippen molar-refractivity contribution in [3.05, 3.63) is 34.4 Å². The molecular weight excluding hydrogens is 356 g/mol. The van der Waals surface area contributed by atoms with Gasteiger partial charge in [0, 0.05) is 12.0 Å². The maximum Gasteiger partial charge on any atom is 0.338 e. The second-order valence-corrected chi connectivity index (χ2v) is 9.30. The first-order valence-corrected chi connectivity index (χ1v) is 10.0. The van der Waals surface area contributed by atoms with Crippen LogP contribution in [0, 0.1) is 16.7 Å². The SMILES string of the molecule is COC(=O)c1cc(O)c(CC2=C(C)CC[C@H]3C(C)(C)[C@H](O)CC[C@]23C)c(O)c1. The number of benzene rings is 1. The molecule has 2 aliphatic carbocycles. The van der Waals surface area contributed by atoms with Gasteiger partial charge in [0.1, 0.15) is 11.5 Å². The Hall–Kier alpha value is -2.01. The summed E-state index contributed by atoms with van der Waals surface area (Å²) in [6.45, 7) is 8.70. The molecule has 0 aliphatic heterocycles. The van der Waals surface area contributed by atoms with E-state index in [0.717, 1.165) is 25.7 Å². The molecule has 0 spiro atoms. The summed E-state index contributed by atoms with van der Waals surface area (Å²) in [5, 5.41) is 31.6. The molecule has 3 atom stereocenters. The molecule has 1 fully saturated rings. The quantitative estimate of drug-likeness (QED) is 0.530. The zero-order valence-electron chi connectivity index (χ0n) is 17.5. The van der Waals surface area contributed by atoms with Gasteiger partial charge in [-0.25, -0.2) is 4.79 Å². The maximum atomic E-state index is 11.7. The molecule has 3 rings (SSSR count). The number of aromatic hydroxyl groups is 2. The highest BCUT2D eigenvalue weighted by molar-refractivity contribution is 5.90. The van der Waals surface area contributed by atoms with E-state index in [2.05, 4.69) is 32.4 Å². The number of carbonyl (C=O) groups is 1. The van der Waals surface area contributed by atoms with Crippen LogP contribution in [0.25, 0.3) is 0 Å². The molecule has 2 aliphatic rings. The summed E-state index contributed by atoms with van der Waals surface area (Å²) in [6.07, 6.45) is 3.74. The molecule has 1 aromatic carbocycles. The average Bonchev–Trinajstić information content (AvgIpc) is 2.62. The van der Waals surface area contributed by atoms with Gasteiger partial charge in [-0.3, -0.25) is 0 Å². The maximum absolute atomic E-state index is 11.7. The Morgan fingerprint density at radius 1 is 1.18 bits per heavy atom. The van der Waals surface area contributed by atoms with Crippen molar-refractivity contribution < 1.29 is 24.9 Å². The van der Waals surface area contributed by atoms with Crippen molar-refractivity contribution in [2.24, 2.45) is 16.7 Å².